The fourth-order valence-electron chi connectivity index (χ4n) is 3.17. The molecular weight excluding hydrogens is 318 g/mol. The molecule has 0 spiro atoms. The van der Waals surface area contributed by atoms with Crippen molar-refractivity contribution in [3.05, 3.63) is 42.6 Å². The van der Waals surface area contributed by atoms with Gasteiger partial charge in [-0.1, -0.05) is 13.0 Å². The number of nitrogens with zero attached hydrogens (tertiary/aromatic N) is 4. The third-order valence-electron chi connectivity index (χ3n) is 4.62. The minimum Gasteiger partial charge on any atom is -0.386 e. The maximum Gasteiger partial charge on any atom is 0.221 e. The van der Waals surface area contributed by atoms with Crippen LogP contribution in [0.3, 0.4) is 0 Å². The molecule has 0 aliphatic carbocycles. The Hall–Kier alpha value is -2.41. The molecule has 3 rings (SSSR count). The van der Waals surface area contributed by atoms with Crippen LogP contribution in [0.5, 0.6) is 0 Å². The van der Waals surface area contributed by atoms with Gasteiger partial charge >= 0.3 is 0 Å². The van der Waals surface area contributed by atoms with E-state index in [1.165, 1.54) is 0 Å². The predicted molar refractivity (Wildman–Crippen MR) is 95.2 cm³/mol. The Morgan fingerprint density at radius 3 is 3.00 bits per heavy atom. The second kappa shape index (κ2) is 7.65. The zero-order valence-electron chi connectivity index (χ0n) is 14.6. The van der Waals surface area contributed by atoms with Gasteiger partial charge in [-0.05, 0) is 18.6 Å². The van der Waals surface area contributed by atoms with Crippen LogP contribution in [-0.2, 0) is 17.8 Å². The van der Waals surface area contributed by atoms with Gasteiger partial charge in [0, 0.05) is 57.6 Å². The number of rotatable bonds is 7. The number of nitrogens with one attached hydrogen (secondary N) is 1. The van der Waals surface area contributed by atoms with E-state index < -0.39 is 5.60 Å². The summed E-state index contributed by atoms with van der Waals surface area (Å²) < 4.78 is 1.99. The van der Waals surface area contributed by atoms with Gasteiger partial charge in [-0.25, -0.2) is 9.97 Å². The first kappa shape index (κ1) is 17.4. The minimum absolute atomic E-state index is 0.0551. The van der Waals surface area contributed by atoms with Gasteiger partial charge in [0.15, 0.2) is 0 Å². The molecule has 2 aromatic rings. The highest BCUT2D eigenvalue weighted by molar-refractivity contribution is 5.75. The zero-order chi connectivity index (χ0) is 17.7. The summed E-state index contributed by atoms with van der Waals surface area (Å²) in [5, 5.41) is 13.6. The summed E-state index contributed by atoms with van der Waals surface area (Å²) >= 11 is 0. The van der Waals surface area contributed by atoms with Gasteiger partial charge in [-0.2, -0.15) is 0 Å². The fraction of sp³-hybridized carbons (Fsp3) is 0.500. The van der Waals surface area contributed by atoms with Crippen molar-refractivity contribution in [2.45, 2.75) is 38.3 Å². The van der Waals surface area contributed by atoms with Crippen LogP contribution in [0, 0.1) is 0 Å². The van der Waals surface area contributed by atoms with Crippen molar-refractivity contribution < 1.29 is 9.90 Å². The monoisotopic (exact) mass is 343 g/mol. The molecule has 134 valence electrons. The highest BCUT2D eigenvalue weighted by Crippen LogP contribution is 2.24. The Labute approximate surface area is 147 Å². The molecule has 0 radical (unpaired) electrons. The predicted octanol–water partition coefficient (Wildman–Crippen LogP) is 0.988. The third-order valence-corrected chi connectivity index (χ3v) is 4.62. The van der Waals surface area contributed by atoms with Crippen LogP contribution < -0.4 is 10.2 Å². The number of pyridine rings is 1. The molecule has 2 N–H and O–H groups in total. The first-order chi connectivity index (χ1) is 12.1. The number of anilines is 1. The van der Waals surface area contributed by atoms with Crippen molar-refractivity contribution in [1.29, 1.82) is 0 Å². The average molecular weight is 343 g/mol. The zero-order valence-corrected chi connectivity index (χ0v) is 14.6. The molecule has 1 aliphatic rings. The summed E-state index contributed by atoms with van der Waals surface area (Å²) in [5.41, 5.74) is -0.906. The third kappa shape index (κ3) is 4.36. The molecule has 1 saturated heterocycles. The van der Waals surface area contributed by atoms with Crippen molar-refractivity contribution in [3.63, 3.8) is 0 Å². The maximum atomic E-state index is 12.1. The summed E-state index contributed by atoms with van der Waals surface area (Å²) in [6.45, 7) is 4.12. The molecule has 25 heavy (non-hydrogen) atoms. The lowest BCUT2D eigenvalue weighted by atomic mass is 10.0. The molecular formula is C18H25N5O2. The number of carbonyl (C=O) groups excluding carboxylic acids is 1. The van der Waals surface area contributed by atoms with Crippen LogP contribution in [0.1, 0.15) is 25.6 Å². The number of amides is 1. The van der Waals surface area contributed by atoms with E-state index in [2.05, 4.69) is 15.3 Å². The molecule has 1 aliphatic heterocycles. The standard InChI is InChI=1S/C18H25N5O2/c1-2-15-20-9-12-22(15)10-6-17(24)21-13-18(25)7-11-23(14-18)16-5-3-4-8-19-16/h3-5,8-9,12,25H,2,6-7,10-11,13-14H2,1H3,(H,21,24)/t18-/m1/s1. The van der Waals surface area contributed by atoms with E-state index in [9.17, 15) is 9.90 Å². The quantitative estimate of drug-likeness (QED) is 0.783. The smallest absolute Gasteiger partial charge is 0.221 e. The minimum atomic E-state index is -0.906. The number of imidazole rings is 1. The Kier molecular flexibility index (Phi) is 5.33. The van der Waals surface area contributed by atoms with Gasteiger partial charge in [0.1, 0.15) is 17.2 Å². The molecule has 1 amide bonds. The number of aromatic nitrogens is 3. The van der Waals surface area contributed by atoms with Crippen molar-refractivity contribution in [2.24, 2.45) is 0 Å². The van der Waals surface area contributed by atoms with Crippen LogP contribution in [0.4, 0.5) is 5.82 Å². The lowest BCUT2D eigenvalue weighted by Crippen LogP contribution is -2.45. The van der Waals surface area contributed by atoms with Gasteiger partial charge in [0.2, 0.25) is 5.91 Å². The van der Waals surface area contributed by atoms with E-state index in [4.69, 9.17) is 0 Å². The SMILES string of the molecule is CCc1nccn1CCC(=O)NC[C@]1(O)CCN(c2ccccn2)C1. The van der Waals surface area contributed by atoms with Gasteiger partial charge in [0.25, 0.3) is 0 Å². The maximum absolute atomic E-state index is 12.1. The van der Waals surface area contributed by atoms with E-state index in [1.54, 1.807) is 12.4 Å². The Bertz CT molecular complexity index is 703. The van der Waals surface area contributed by atoms with Crippen LogP contribution in [0.25, 0.3) is 0 Å². The average Bonchev–Trinajstić information content (AvgIpc) is 3.26. The lowest BCUT2D eigenvalue weighted by Gasteiger charge is -2.24. The lowest BCUT2D eigenvalue weighted by molar-refractivity contribution is -0.122. The molecule has 3 heterocycles. The number of aryl methyl sites for hydroxylation is 2. The normalized spacial score (nSPS) is 20.0. The van der Waals surface area contributed by atoms with E-state index in [-0.39, 0.29) is 12.5 Å². The molecule has 0 bridgehead atoms. The molecule has 1 fully saturated rings. The van der Waals surface area contributed by atoms with Gasteiger partial charge in [0.05, 0.1) is 0 Å². The summed E-state index contributed by atoms with van der Waals surface area (Å²) in [7, 11) is 0. The number of carbonyl (C=O) groups is 1. The molecule has 0 unspecified atom stereocenters. The van der Waals surface area contributed by atoms with E-state index in [1.807, 2.05) is 40.8 Å². The van der Waals surface area contributed by atoms with Crippen LogP contribution >= 0.6 is 0 Å². The molecule has 1 atom stereocenters. The van der Waals surface area contributed by atoms with Crippen molar-refractivity contribution in [1.82, 2.24) is 19.9 Å². The summed E-state index contributed by atoms with van der Waals surface area (Å²) in [6, 6.07) is 5.74. The first-order valence-corrected chi connectivity index (χ1v) is 8.75. The molecule has 0 saturated carbocycles. The largest absolute Gasteiger partial charge is 0.386 e. The van der Waals surface area contributed by atoms with E-state index in [0.717, 1.165) is 24.6 Å². The van der Waals surface area contributed by atoms with E-state index in [0.29, 0.717) is 25.9 Å². The number of aliphatic hydroxyl groups is 1. The van der Waals surface area contributed by atoms with Gasteiger partial charge in [-0.15, -0.1) is 0 Å². The topological polar surface area (TPSA) is 83.3 Å². The van der Waals surface area contributed by atoms with Crippen LogP contribution in [0.15, 0.2) is 36.8 Å². The number of hydrogen-bond donors (Lipinski definition) is 2. The van der Waals surface area contributed by atoms with Gasteiger partial charge < -0.3 is 19.9 Å². The summed E-state index contributed by atoms with van der Waals surface area (Å²) in [5.74, 6) is 1.78. The highest BCUT2D eigenvalue weighted by Gasteiger charge is 2.36. The molecule has 7 heteroatoms. The molecule has 2 aromatic heterocycles. The van der Waals surface area contributed by atoms with Crippen molar-refractivity contribution >= 4 is 11.7 Å². The Balaban J connectivity index is 1.45. The Morgan fingerprint density at radius 1 is 1.36 bits per heavy atom. The van der Waals surface area contributed by atoms with E-state index >= 15 is 0 Å². The fourth-order valence-corrected chi connectivity index (χ4v) is 3.17. The molecule has 0 aromatic carbocycles. The number of β-amino-alcohol motifs (C(OH)–C–C–N with tert-alkyl or cyclic N) is 1. The first-order valence-electron chi connectivity index (χ1n) is 8.75. The van der Waals surface area contributed by atoms with Crippen LogP contribution in [0.2, 0.25) is 0 Å². The Morgan fingerprint density at radius 2 is 2.24 bits per heavy atom. The second-order valence-corrected chi connectivity index (χ2v) is 6.50. The number of hydrogen-bond acceptors (Lipinski definition) is 5. The van der Waals surface area contributed by atoms with Crippen LogP contribution in [-0.4, -0.2) is 50.8 Å². The second-order valence-electron chi connectivity index (χ2n) is 6.50. The summed E-state index contributed by atoms with van der Waals surface area (Å²) in [6.07, 6.45) is 7.23. The van der Waals surface area contributed by atoms with Crippen molar-refractivity contribution in [3.8, 4) is 0 Å². The highest BCUT2D eigenvalue weighted by atomic mass is 16.3. The summed E-state index contributed by atoms with van der Waals surface area (Å²) in [4.78, 5) is 22.7. The van der Waals surface area contributed by atoms with Gasteiger partial charge in [-0.3, -0.25) is 4.79 Å². The van der Waals surface area contributed by atoms with Crippen molar-refractivity contribution in [2.75, 3.05) is 24.5 Å². The molecule has 7 nitrogen and oxygen atoms in total.